The van der Waals surface area contributed by atoms with Gasteiger partial charge in [0.15, 0.2) is 5.75 Å². The highest BCUT2D eigenvalue weighted by Gasteiger charge is 2.08. The van der Waals surface area contributed by atoms with Crippen molar-refractivity contribution in [1.29, 1.82) is 0 Å². The second-order valence-corrected chi connectivity index (χ2v) is 3.65. The van der Waals surface area contributed by atoms with Crippen molar-refractivity contribution in [1.82, 2.24) is 15.0 Å². The number of rotatable bonds is 5. The molecule has 4 heteroatoms. The van der Waals surface area contributed by atoms with Crippen LogP contribution in [0, 0.1) is 0 Å². The molecule has 2 aromatic rings. The van der Waals surface area contributed by atoms with Crippen LogP contribution in [-0.2, 0) is 0 Å². The van der Waals surface area contributed by atoms with E-state index in [-0.39, 0.29) is 0 Å². The van der Waals surface area contributed by atoms with Gasteiger partial charge in [0.05, 0.1) is 18.5 Å². The summed E-state index contributed by atoms with van der Waals surface area (Å²) in [5.41, 5.74) is 1.55. The molecule has 0 bridgehead atoms. The van der Waals surface area contributed by atoms with Gasteiger partial charge in [0.25, 0.3) is 0 Å². The minimum atomic E-state index is 0.684. The van der Waals surface area contributed by atoms with Gasteiger partial charge in [-0.05, 0) is 18.6 Å². The number of hydrogen-bond acceptors (Lipinski definition) is 4. The third-order valence-corrected chi connectivity index (χ3v) is 2.34. The highest BCUT2D eigenvalue weighted by atomic mass is 16.5. The first-order valence-corrected chi connectivity index (χ1v) is 5.76. The molecule has 2 rings (SSSR count). The third-order valence-electron chi connectivity index (χ3n) is 2.34. The van der Waals surface area contributed by atoms with Crippen molar-refractivity contribution >= 4 is 0 Å². The fourth-order valence-electron chi connectivity index (χ4n) is 1.44. The van der Waals surface area contributed by atoms with Gasteiger partial charge in [-0.25, -0.2) is 9.97 Å². The highest BCUT2D eigenvalue weighted by Crippen LogP contribution is 2.24. The predicted octanol–water partition coefficient (Wildman–Crippen LogP) is 2.72. The summed E-state index contributed by atoms with van der Waals surface area (Å²) in [7, 11) is 0. The Morgan fingerprint density at radius 3 is 2.94 bits per heavy atom. The molecule has 0 N–H and O–H groups in total. The smallest absolute Gasteiger partial charge is 0.165 e. The van der Waals surface area contributed by atoms with Crippen molar-refractivity contribution in [2.75, 3.05) is 6.61 Å². The van der Waals surface area contributed by atoms with E-state index in [1.807, 2.05) is 18.2 Å². The molecule has 0 fully saturated rings. The Labute approximate surface area is 101 Å². The van der Waals surface area contributed by atoms with E-state index in [1.165, 1.54) is 6.33 Å². The van der Waals surface area contributed by atoms with Crippen molar-refractivity contribution in [2.45, 2.75) is 19.8 Å². The van der Waals surface area contributed by atoms with Crippen LogP contribution in [0.25, 0.3) is 11.4 Å². The average Bonchev–Trinajstić information content (AvgIpc) is 2.41. The molecule has 0 aromatic carbocycles. The second kappa shape index (κ2) is 5.94. The maximum Gasteiger partial charge on any atom is 0.165 e. The molecule has 0 saturated heterocycles. The molecular formula is C13H15N3O. The molecule has 0 aliphatic heterocycles. The Balaban J connectivity index is 2.22. The fourth-order valence-corrected chi connectivity index (χ4v) is 1.44. The number of aromatic nitrogens is 3. The molecule has 0 unspecified atom stereocenters. The summed E-state index contributed by atoms with van der Waals surface area (Å²) in [6.07, 6.45) is 7.07. The summed E-state index contributed by atoms with van der Waals surface area (Å²) >= 11 is 0. The van der Waals surface area contributed by atoms with Crippen molar-refractivity contribution in [3.63, 3.8) is 0 Å². The normalized spacial score (nSPS) is 10.2. The zero-order chi connectivity index (χ0) is 11.9. The molecule has 88 valence electrons. The summed E-state index contributed by atoms with van der Waals surface area (Å²) < 4.78 is 5.67. The summed E-state index contributed by atoms with van der Waals surface area (Å²) in [6.45, 7) is 2.81. The third kappa shape index (κ3) is 3.00. The van der Waals surface area contributed by atoms with E-state index in [0.717, 1.165) is 24.2 Å². The molecule has 0 aliphatic rings. The first kappa shape index (κ1) is 11.5. The Morgan fingerprint density at radius 2 is 2.18 bits per heavy atom. The van der Waals surface area contributed by atoms with E-state index in [2.05, 4.69) is 21.9 Å². The van der Waals surface area contributed by atoms with E-state index in [1.54, 1.807) is 12.4 Å². The first-order valence-electron chi connectivity index (χ1n) is 5.76. The van der Waals surface area contributed by atoms with E-state index < -0.39 is 0 Å². The molecular weight excluding hydrogens is 214 g/mol. The minimum absolute atomic E-state index is 0.684. The number of unbranched alkanes of at least 4 members (excludes halogenated alkanes) is 1. The Kier molecular flexibility index (Phi) is 4.02. The molecule has 0 amide bonds. The Hall–Kier alpha value is -1.97. The van der Waals surface area contributed by atoms with Gasteiger partial charge in [-0.15, -0.1) is 0 Å². The van der Waals surface area contributed by atoms with Gasteiger partial charge in [0, 0.05) is 6.20 Å². The van der Waals surface area contributed by atoms with Gasteiger partial charge in [-0.2, -0.15) is 0 Å². The topological polar surface area (TPSA) is 47.9 Å². The van der Waals surface area contributed by atoms with Crippen LogP contribution in [0.3, 0.4) is 0 Å². The van der Waals surface area contributed by atoms with E-state index in [9.17, 15) is 0 Å². The summed E-state index contributed by atoms with van der Waals surface area (Å²) in [5, 5.41) is 0. The van der Waals surface area contributed by atoms with E-state index in [0.29, 0.717) is 12.4 Å². The quantitative estimate of drug-likeness (QED) is 0.739. The number of pyridine rings is 1. The zero-order valence-corrected chi connectivity index (χ0v) is 9.84. The number of hydrogen-bond donors (Lipinski definition) is 0. The highest BCUT2D eigenvalue weighted by molar-refractivity contribution is 5.61. The zero-order valence-electron chi connectivity index (χ0n) is 9.84. The number of ether oxygens (including phenoxy) is 1. The maximum atomic E-state index is 5.67. The first-order chi connectivity index (χ1) is 8.42. The predicted molar refractivity (Wildman–Crippen MR) is 65.7 cm³/mol. The molecule has 17 heavy (non-hydrogen) atoms. The van der Waals surface area contributed by atoms with Crippen molar-refractivity contribution in [3.05, 3.63) is 36.9 Å². The van der Waals surface area contributed by atoms with Crippen molar-refractivity contribution < 1.29 is 4.74 Å². The van der Waals surface area contributed by atoms with Crippen molar-refractivity contribution in [2.24, 2.45) is 0 Å². The molecule has 0 spiro atoms. The summed E-state index contributed by atoms with van der Waals surface area (Å²) in [5.74, 6) is 0.694. The minimum Gasteiger partial charge on any atom is -0.490 e. The maximum absolute atomic E-state index is 5.67. The lowest BCUT2D eigenvalue weighted by Crippen LogP contribution is -2.00. The van der Waals surface area contributed by atoms with Gasteiger partial charge in [0.2, 0.25) is 0 Å². The van der Waals surface area contributed by atoms with Crippen LogP contribution in [-0.4, -0.2) is 21.6 Å². The van der Waals surface area contributed by atoms with Crippen LogP contribution in [0.5, 0.6) is 5.75 Å². The average molecular weight is 229 g/mol. The second-order valence-electron chi connectivity index (χ2n) is 3.65. The molecule has 0 atom stereocenters. The van der Waals surface area contributed by atoms with Crippen LogP contribution in [0.2, 0.25) is 0 Å². The summed E-state index contributed by atoms with van der Waals surface area (Å²) in [6, 6.07) is 5.72. The lowest BCUT2D eigenvalue weighted by molar-refractivity contribution is 0.308. The van der Waals surface area contributed by atoms with E-state index >= 15 is 0 Å². The van der Waals surface area contributed by atoms with Gasteiger partial charge >= 0.3 is 0 Å². The molecule has 0 saturated carbocycles. The van der Waals surface area contributed by atoms with Gasteiger partial charge < -0.3 is 4.74 Å². The monoisotopic (exact) mass is 229 g/mol. The Bertz CT molecular complexity index is 459. The van der Waals surface area contributed by atoms with Gasteiger partial charge in [-0.1, -0.05) is 19.4 Å². The standard InChI is InChI=1S/C13H15N3O/c1-2-3-8-17-12-9-14-10-16-13(12)11-6-4-5-7-15-11/h4-7,9-10H,2-3,8H2,1H3. The van der Waals surface area contributed by atoms with Crippen LogP contribution in [0.15, 0.2) is 36.9 Å². The van der Waals surface area contributed by atoms with Gasteiger partial charge in [-0.3, -0.25) is 4.98 Å². The molecule has 2 aromatic heterocycles. The lowest BCUT2D eigenvalue weighted by Gasteiger charge is -2.08. The molecule has 2 heterocycles. The fraction of sp³-hybridized carbons (Fsp3) is 0.308. The van der Waals surface area contributed by atoms with Crippen LogP contribution in [0.4, 0.5) is 0 Å². The van der Waals surface area contributed by atoms with Crippen molar-refractivity contribution in [3.8, 4) is 17.1 Å². The van der Waals surface area contributed by atoms with Crippen LogP contribution >= 0.6 is 0 Å². The van der Waals surface area contributed by atoms with Crippen LogP contribution in [0.1, 0.15) is 19.8 Å². The van der Waals surface area contributed by atoms with Crippen LogP contribution < -0.4 is 4.74 Å². The lowest BCUT2D eigenvalue weighted by atomic mass is 10.2. The summed E-state index contributed by atoms with van der Waals surface area (Å²) in [4.78, 5) is 12.5. The SMILES string of the molecule is CCCCOc1cncnc1-c1ccccn1. The number of nitrogens with zero attached hydrogens (tertiary/aromatic N) is 3. The molecule has 0 radical (unpaired) electrons. The van der Waals surface area contributed by atoms with E-state index in [4.69, 9.17) is 4.74 Å². The van der Waals surface area contributed by atoms with Gasteiger partial charge in [0.1, 0.15) is 12.0 Å². The molecule has 0 aliphatic carbocycles. The largest absolute Gasteiger partial charge is 0.490 e. The Morgan fingerprint density at radius 1 is 1.24 bits per heavy atom. The molecule has 4 nitrogen and oxygen atoms in total.